The Hall–Kier alpha value is -5.03. The molecule has 4 N–H and O–H groups in total. The molecule has 15 nitrogen and oxygen atoms in total. The van der Waals surface area contributed by atoms with Crippen LogP contribution >= 0.6 is 11.3 Å². The number of allylic oxidation sites excluding steroid dienone is 1. The van der Waals surface area contributed by atoms with Crippen LogP contribution in [-0.2, 0) is 24.4 Å². The minimum Gasteiger partial charge on any atom is -0.491 e. The molecule has 4 heterocycles. The highest BCUT2D eigenvalue weighted by Gasteiger charge is 2.63. The van der Waals surface area contributed by atoms with Crippen molar-refractivity contribution in [3.8, 4) is 33.5 Å². The molecule has 3 fully saturated rings. The van der Waals surface area contributed by atoms with E-state index >= 15 is 0 Å². The van der Waals surface area contributed by atoms with Crippen molar-refractivity contribution in [3.63, 3.8) is 0 Å². The highest BCUT2D eigenvalue weighted by atomic mass is 32.2. The van der Waals surface area contributed by atoms with E-state index in [1.807, 2.05) is 69.5 Å². The minimum absolute atomic E-state index is 0.000980. The van der Waals surface area contributed by atoms with Gasteiger partial charge in [-0.25, -0.2) is 23.2 Å². The van der Waals surface area contributed by atoms with Crippen molar-refractivity contribution < 1.29 is 42.2 Å². The number of pyridine rings is 1. The van der Waals surface area contributed by atoms with E-state index in [-0.39, 0.29) is 31.4 Å². The molecule has 2 saturated carbocycles. The fourth-order valence-electron chi connectivity index (χ4n) is 8.08. The summed E-state index contributed by atoms with van der Waals surface area (Å²) in [6.45, 7) is 9.26. The van der Waals surface area contributed by atoms with E-state index in [4.69, 9.17) is 14.5 Å². The van der Waals surface area contributed by atoms with Crippen LogP contribution in [0.1, 0.15) is 79.6 Å². The summed E-state index contributed by atoms with van der Waals surface area (Å²) >= 11 is 1.41. The van der Waals surface area contributed by atoms with Crippen molar-refractivity contribution >= 4 is 45.2 Å². The van der Waals surface area contributed by atoms with Crippen molar-refractivity contribution in [3.05, 3.63) is 60.1 Å². The van der Waals surface area contributed by atoms with Crippen LogP contribution in [0.4, 0.5) is 4.79 Å². The highest BCUT2D eigenvalue weighted by molar-refractivity contribution is 7.91. The van der Waals surface area contributed by atoms with Gasteiger partial charge in [-0.1, -0.05) is 26.0 Å². The Kier molecular flexibility index (Phi) is 11.8. The molecule has 1 unspecified atom stereocenters. The number of nitrogens with zero attached hydrogens (tertiary/aromatic N) is 3. The topological polar surface area (TPSA) is 206 Å². The molecule has 17 heteroatoms. The quantitative estimate of drug-likeness (QED) is 0.187. The average molecular weight is 849 g/mol. The zero-order valence-corrected chi connectivity index (χ0v) is 35.5. The molecule has 7 rings (SSSR count). The zero-order valence-electron chi connectivity index (χ0n) is 33.8. The number of carbonyl (C=O) groups excluding carboxylic acids is 3. The molecular formula is C42H52N6O9S2. The number of hydrogen-bond acceptors (Lipinski definition) is 11. The fourth-order valence-corrected chi connectivity index (χ4v) is 9.99. The Morgan fingerprint density at radius 3 is 2.46 bits per heavy atom. The summed E-state index contributed by atoms with van der Waals surface area (Å²) in [6.07, 6.45) is 6.27. The van der Waals surface area contributed by atoms with Gasteiger partial charge in [0, 0.05) is 41.6 Å². The maximum absolute atomic E-state index is 14.6. The number of nitrogens with one attached hydrogen (secondary N) is 3. The van der Waals surface area contributed by atoms with Gasteiger partial charge >= 0.3 is 6.09 Å². The van der Waals surface area contributed by atoms with E-state index < -0.39 is 74.1 Å². The number of rotatable bonds is 10. The largest absolute Gasteiger partial charge is 0.491 e. The first-order chi connectivity index (χ1) is 28.0. The van der Waals surface area contributed by atoms with Gasteiger partial charge in [-0.3, -0.25) is 19.1 Å². The van der Waals surface area contributed by atoms with E-state index in [1.54, 1.807) is 25.3 Å². The van der Waals surface area contributed by atoms with E-state index in [1.165, 1.54) is 16.2 Å². The van der Waals surface area contributed by atoms with Gasteiger partial charge in [-0.15, -0.1) is 11.3 Å². The number of benzene rings is 1. The van der Waals surface area contributed by atoms with Crippen molar-refractivity contribution in [2.75, 3.05) is 6.54 Å². The van der Waals surface area contributed by atoms with Gasteiger partial charge in [0.25, 0.3) is 5.91 Å². The third-order valence-electron chi connectivity index (χ3n) is 11.8. The summed E-state index contributed by atoms with van der Waals surface area (Å²) in [6, 6.07) is 8.67. The van der Waals surface area contributed by atoms with Crippen LogP contribution in [-0.4, -0.2) is 93.3 Å². The molecule has 3 aromatic rings. The molecule has 4 amide bonds. The fraction of sp³-hybridized carbons (Fsp3) is 0.524. The number of aromatic nitrogens is 2. The molecule has 0 spiro atoms. The van der Waals surface area contributed by atoms with Crippen LogP contribution in [0.15, 0.2) is 60.1 Å². The molecule has 1 saturated heterocycles. The number of amides is 4. The Labute approximate surface area is 348 Å². The van der Waals surface area contributed by atoms with Gasteiger partial charge in [-0.05, 0) is 95.4 Å². The monoisotopic (exact) mass is 848 g/mol. The molecule has 4 aliphatic rings. The summed E-state index contributed by atoms with van der Waals surface area (Å²) in [5.41, 5.74) is 0.379. The second-order valence-electron chi connectivity index (χ2n) is 17.0. The van der Waals surface area contributed by atoms with Crippen molar-refractivity contribution in [2.24, 2.45) is 17.8 Å². The second kappa shape index (κ2) is 16.6. The average Bonchev–Trinajstić information content (AvgIpc) is 3.92. The van der Waals surface area contributed by atoms with Crippen LogP contribution in [0.5, 0.6) is 11.5 Å². The lowest BCUT2D eigenvalue weighted by Gasteiger charge is -2.32. The van der Waals surface area contributed by atoms with Crippen molar-refractivity contribution in [1.82, 2.24) is 30.2 Å². The first kappa shape index (κ1) is 42.1. The number of carbonyl (C=O) groups is 4. The SMILES string of the molecule is CC(C)Oc1ccc(-c2cc(O[C@@H]3C[C@H]4C(=O)NC5(C(=O)NS(=O)(=O)C6(C)CC6)C[C@H]5/C=C\CC[C@H](C)C[C@@H](C)[C@H](NC(=O)O)C(=O)N4C3)cc(-c3nccs3)n2)cc1. The number of thiazole rings is 1. The minimum atomic E-state index is -4.02. The summed E-state index contributed by atoms with van der Waals surface area (Å²) in [7, 11) is -4.02. The number of hydrogen-bond donors (Lipinski definition) is 4. The summed E-state index contributed by atoms with van der Waals surface area (Å²) in [5.74, 6) is -1.75. The molecule has 0 bridgehead atoms. The molecule has 2 aliphatic carbocycles. The smallest absolute Gasteiger partial charge is 0.405 e. The molecule has 7 atom stereocenters. The Morgan fingerprint density at radius 2 is 1.80 bits per heavy atom. The second-order valence-corrected chi connectivity index (χ2v) is 20.1. The van der Waals surface area contributed by atoms with Crippen LogP contribution in [0.2, 0.25) is 0 Å². The van der Waals surface area contributed by atoms with Crippen molar-refractivity contribution in [1.29, 1.82) is 0 Å². The number of sulfonamides is 1. The molecule has 2 aromatic heterocycles. The van der Waals surface area contributed by atoms with Gasteiger partial charge < -0.3 is 30.1 Å². The lowest BCUT2D eigenvalue weighted by molar-refractivity contribution is -0.142. The van der Waals surface area contributed by atoms with Crippen LogP contribution in [0.25, 0.3) is 22.0 Å². The zero-order chi connectivity index (χ0) is 42.3. The molecular weight excluding hydrogens is 797 g/mol. The summed E-state index contributed by atoms with van der Waals surface area (Å²) in [5, 5.41) is 17.7. The van der Waals surface area contributed by atoms with E-state index in [2.05, 4.69) is 20.3 Å². The van der Waals surface area contributed by atoms with Crippen LogP contribution in [0, 0.1) is 17.8 Å². The standard InChI is InChI=1S/C42H52N6O9S2/c1-24(2)56-29-12-10-27(11-13-29)32-19-30(20-33(44-32)37-43-16-17-58-37)57-31-21-34-36(49)46-42(39(51)47-59(54,55)41(5)14-15-41)22-28(42)9-7-6-8-25(3)18-26(4)35(45-40(52)53)38(50)48(34)23-31/h7,9-13,16-17,19-20,24-26,28,31,34-35,45H,6,8,14-15,18,21-23H2,1-5H3,(H,46,49)(H,47,51)(H,52,53)/b9-7-/t25-,26+,28+,31+,34-,35-,42?/m0/s1. The normalized spacial score (nSPS) is 28.5. The first-order valence-electron chi connectivity index (χ1n) is 20.2. The van der Waals surface area contributed by atoms with E-state index in [0.29, 0.717) is 53.6 Å². The van der Waals surface area contributed by atoms with Gasteiger partial charge in [0.1, 0.15) is 45.9 Å². The predicted molar refractivity (Wildman–Crippen MR) is 221 cm³/mol. The Morgan fingerprint density at radius 1 is 1.07 bits per heavy atom. The van der Waals surface area contributed by atoms with E-state index in [0.717, 1.165) is 12.0 Å². The predicted octanol–water partition coefficient (Wildman–Crippen LogP) is 5.53. The Balaban J connectivity index is 1.22. The Bertz CT molecular complexity index is 2210. The molecule has 0 radical (unpaired) electrons. The van der Waals surface area contributed by atoms with Crippen molar-refractivity contribution in [2.45, 2.75) is 114 Å². The molecule has 59 heavy (non-hydrogen) atoms. The maximum Gasteiger partial charge on any atom is 0.405 e. The summed E-state index contributed by atoms with van der Waals surface area (Å²) < 4.78 is 40.1. The van der Waals surface area contributed by atoms with E-state index in [9.17, 15) is 32.7 Å². The maximum atomic E-state index is 14.6. The van der Waals surface area contributed by atoms with Gasteiger partial charge in [-0.2, -0.15) is 0 Å². The molecule has 2 aliphatic heterocycles. The van der Waals surface area contributed by atoms with Gasteiger partial charge in [0.15, 0.2) is 0 Å². The third-order valence-corrected chi connectivity index (χ3v) is 14.8. The number of ether oxygens (including phenoxy) is 2. The van der Waals surface area contributed by atoms with Gasteiger partial charge in [0.05, 0.1) is 23.1 Å². The van der Waals surface area contributed by atoms with Crippen LogP contribution in [0.3, 0.4) is 0 Å². The van der Waals surface area contributed by atoms with Crippen LogP contribution < -0.4 is 24.8 Å². The summed E-state index contributed by atoms with van der Waals surface area (Å²) in [4.78, 5) is 65.8. The number of carboxylic acid groups (broad SMARTS) is 1. The molecule has 316 valence electrons. The lowest BCUT2D eigenvalue weighted by atomic mass is 9.88. The van der Waals surface area contributed by atoms with Gasteiger partial charge in [0.2, 0.25) is 21.8 Å². The first-order valence-corrected chi connectivity index (χ1v) is 22.5. The number of fused-ring (bicyclic) bond motifs is 2. The molecule has 1 aromatic carbocycles. The highest BCUT2D eigenvalue weighted by Crippen LogP contribution is 2.47. The lowest BCUT2D eigenvalue weighted by Crippen LogP contribution is -2.59. The third kappa shape index (κ3) is 9.25.